The van der Waals surface area contributed by atoms with Crippen molar-refractivity contribution in [2.24, 2.45) is 5.92 Å². The molecule has 1 aromatic carbocycles. The predicted octanol–water partition coefficient (Wildman–Crippen LogP) is 4.28. The molecule has 3 aliphatic rings. The molecule has 2 aliphatic carbocycles. The van der Waals surface area contributed by atoms with Gasteiger partial charge >= 0.3 is 5.97 Å². The third-order valence-electron chi connectivity index (χ3n) is 6.71. The number of esters is 1. The van der Waals surface area contributed by atoms with Crippen LogP contribution >= 0.6 is 0 Å². The molecular weight excluding hydrogens is 338 g/mol. The fourth-order valence-corrected chi connectivity index (χ4v) is 5.25. The van der Waals surface area contributed by atoms with Crippen LogP contribution in [0.1, 0.15) is 63.4 Å². The van der Waals surface area contributed by atoms with Gasteiger partial charge in [0.05, 0.1) is 6.10 Å². The molecule has 2 unspecified atom stereocenters. The summed E-state index contributed by atoms with van der Waals surface area (Å²) in [7, 11) is 2.09. The highest BCUT2D eigenvalue weighted by Gasteiger charge is 2.52. The summed E-state index contributed by atoms with van der Waals surface area (Å²) in [5.41, 5.74) is 0.0497. The molecule has 1 saturated heterocycles. The second kappa shape index (κ2) is 8.32. The van der Waals surface area contributed by atoms with E-state index in [4.69, 9.17) is 9.47 Å². The Balaban J connectivity index is 1.67. The van der Waals surface area contributed by atoms with Crippen LogP contribution in [0.25, 0.3) is 0 Å². The second-order valence-electron chi connectivity index (χ2n) is 8.69. The Hall–Kier alpha value is -1.39. The zero-order valence-corrected chi connectivity index (χ0v) is 16.6. The van der Waals surface area contributed by atoms with Gasteiger partial charge in [-0.3, -0.25) is 0 Å². The third-order valence-corrected chi connectivity index (χ3v) is 6.71. The predicted molar refractivity (Wildman–Crippen MR) is 105 cm³/mol. The van der Waals surface area contributed by atoms with E-state index in [9.17, 15) is 4.79 Å². The standard InChI is InChI=1S/C23H33NO3/c1-24-16-15-21(17-24)26-22(25)23(19-11-5-6-12-19,18-9-3-2-4-10-18)27-20-13-7-8-14-20/h2-4,9-10,19-21H,5-8,11-17H2,1H3. The first-order chi connectivity index (χ1) is 13.2. The molecule has 0 amide bonds. The summed E-state index contributed by atoms with van der Waals surface area (Å²) in [6, 6.07) is 10.2. The van der Waals surface area contributed by atoms with Crippen molar-refractivity contribution in [2.45, 2.75) is 75.6 Å². The summed E-state index contributed by atoms with van der Waals surface area (Å²) in [4.78, 5) is 16.0. The lowest BCUT2D eigenvalue weighted by Crippen LogP contribution is -2.49. The van der Waals surface area contributed by atoms with E-state index < -0.39 is 5.60 Å². The van der Waals surface area contributed by atoms with Gasteiger partial charge in [0.15, 0.2) is 5.60 Å². The van der Waals surface area contributed by atoms with Crippen molar-refractivity contribution >= 4 is 5.97 Å². The lowest BCUT2D eigenvalue weighted by molar-refractivity contribution is -0.198. The Labute approximate surface area is 163 Å². The van der Waals surface area contributed by atoms with Crippen molar-refractivity contribution < 1.29 is 14.3 Å². The molecule has 0 N–H and O–H groups in total. The first kappa shape index (κ1) is 18.9. The highest BCUT2D eigenvalue weighted by atomic mass is 16.6. The molecule has 27 heavy (non-hydrogen) atoms. The maximum absolute atomic E-state index is 13.7. The number of likely N-dealkylation sites (tertiary alicyclic amines) is 1. The molecule has 4 rings (SSSR count). The third kappa shape index (κ3) is 3.93. The van der Waals surface area contributed by atoms with Crippen LogP contribution in [0.2, 0.25) is 0 Å². The zero-order valence-electron chi connectivity index (χ0n) is 16.6. The van der Waals surface area contributed by atoms with Gasteiger partial charge in [-0.15, -0.1) is 0 Å². The molecule has 2 saturated carbocycles. The lowest BCUT2D eigenvalue weighted by atomic mass is 9.79. The molecule has 0 radical (unpaired) electrons. The smallest absolute Gasteiger partial charge is 0.343 e. The van der Waals surface area contributed by atoms with Crippen LogP contribution in [0.15, 0.2) is 30.3 Å². The van der Waals surface area contributed by atoms with Gasteiger partial charge in [-0.25, -0.2) is 4.79 Å². The molecule has 4 nitrogen and oxygen atoms in total. The molecule has 1 aromatic rings. The van der Waals surface area contributed by atoms with Crippen LogP contribution in [0.3, 0.4) is 0 Å². The highest BCUT2D eigenvalue weighted by Crippen LogP contribution is 2.46. The maximum Gasteiger partial charge on any atom is 0.343 e. The summed E-state index contributed by atoms with van der Waals surface area (Å²) >= 11 is 0. The Morgan fingerprint density at radius 3 is 2.26 bits per heavy atom. The average molecular weight is 372 g/mol. The Morgan fingerprint density at radius 1 is 0.963 bits per heavy atom. The maximum atomic E-state index is 13.7. The van der Waals surface area contributed by atoms with Gasteiger partial charge < -0.3 is 14.4 Å². The SMILES string of the molecule is CN1CCC(OC(=O)C(OC2CCCC2)(c2ccccc2)C2CCCC2)C1. The molecule has 148 valence electrons. The average Bonchev–Trinajstić information content (AvgIpc) is 3.44. The van der Waals surface area contributed by atoms with Crippen LogP contribution in [0.4, 0.5) is 0 Å². The monoisotopic (exact) mass is 371 g/mol. The number of benzene rings is 1. The van der Waals surface area contributed by atoms with Crippen molar-refractivity contribution in [2.75, 3.05) is 20.1 Å². The van der Waals surface area contributed by atoms with Gasteiger partial charge in [-0.05, 0) is 44.7 Å². The normalized spacial score (nSPS) is 27.1. The Bertz CT molecular complexity index is 622. The van der Waals surface area contributed by atoms with Crippen LogP contribution in [-0.2, 0) is 19.9 Å². The van der Waals surface area contributed by atoms with Gasteiger partial charge in [0.25, 0.3) is 0 Å². The number of hydrogen-bond acceptors (Lipinski definition) is 4. The number of carbonyl (C=O) groups is 1. The van der Waals surface area contributed by atoms with E-state index in [1.807, 2.05) is 18.2 Å². The van der Waals surface area contributed by atoms with Crippen molar-refractivity contribution in [3.8, 4) is 0 Å². The van der Waals surface area contributed by atoms with E-state index in [1.165, 1.54) is 25.7 Å². The fourth-order valence-electron chi connectivity index (χ4n) is 5.25. The molecular formula is C23H33NO3. The fraction of sp³-hybridized carbons (Fsp3) is 0.696. The van der Waals surface area contributed by atoms with Crippen molar-refractivity contribution in [1.82, 2.24) is 4.90 Å². The quantitative estimate of drug-likeness (QED) is 0.700. The van der Waals surface area contributed by atoms with Crippen molar-refractivity contribution in [1.29, 1.82) is 0 Å². The Morgan fingerprint density at radius 2 is 1.63 bits per heavy atom. The number of carbonyl (C=O) groups excluding carboxylic acids is 1. The van der Waals surface area contributed by atoms with Crippen molar-refractivity contribution in [3.05, 3.63) is 35.9 Å². The molecule has 0 spiro atoms. The Kier molecular flexibility index (Phi) is 5.84. The van der Waals surface area contributed by atoms with Crippen LogP contribution in [0.5, 0.6) is 0 Å². The van der Waals surface area contributed by atoms with Gasteiger partial charge in [0.2, 0.25) is 0 Å². The minimum absolute atomic E-state index is 0.0147. The van der Waals surface area contributed by atoms with Crippen molar-refractivity contribution in [3.63, 3.8) is 0 Å². The van der Waals surface area contributed by atoms with Crippen LogP contribution < -0.4 is 0 Å². The van der Waals surface area contributed by atoms with Gasteiger partial charge in [-0.1, -0.05) is 56.0 Å². The van der Waals surface area contributed by atoms with Gasteiger partial charge in [0.1, 0.15) is 6.10 Å². The van der Waals surface area contributed by atoms with Gasteiger partial charge in [-0.2, -0.15) is 0 Å². The number of ether oxygens (including phenoxy) is 2. The summed E-state index contributed by atoms with van der Waals surface area (Å²) < 4.78 is 12.9. The second-order valence-corrected chi connectivity index (χ2v) is 8.69. The number of rotatable bonds is 6. The molecule has 4 heteroatoms. The molecule has 1 aliphatic heterocycles. The largest absolute Gasteiger partial charge is 0.459 e. The summed E-state index contributed by atoms with van der Waals surface area (Å²) in [6.07, 6.45) is 10.0. The molecule has 1 heterocycles. The van der Waals surface area contributed by atoms with E-state index in [0.29, 0.717) is 0 Å². The first-order valence-electron chi connectivity index (χ1n) is 10.8. The van der Waals surface area contributed by atoms with E-state index in [1.54, 1.807) is 0 Å². The molecule has 3 fully saturated rings. The van der Waals surface area contributed by atoms with Crippen LogP contribution in [-0.4, -0.2) is 43.2 Å². The summed E-state index contributed by atoms with van der Waals surface area (Å²) in [5.74, 6) is 0.0694. The first-order valence-corrected chi connectivity index (χ1v) is 10.8. The zero-order chi connectivity index (χ0) is 18.7. The molecule has 0 bridgehead atoms. The minimum Gasteiger partial charge on any atom is -0.459 e. The topological polar surface area (TPSA) is 38.8 Å². The molecule has 2 atom stereocenters. The highest BCUT2D eigenvalue weighted by molar-refractivity contribution is 5.82. The number of likely N-dealkylation sites (N-methyl/N-ethyl adjacent to an activating group) is 1. The van der Waals surface area contributed by atoms with Gasteiger partial charge in [0, 0.05) is 19.0 Å². The minimum atomic E-state index is -0.937. The van der Waals surface area contributed by atoms with Crippen LogP contribution in [0, 0.1) is 5.92 Å². The summed E-state index contributed by atoms with van der Waals surface area (Å²) in [5, 5.41) is 0. The van der Waals surface area contributed by atoms with E-state index in [-0.39, 0.29) is 24.1 Å². The van der Waals surface area contributed by atoms with E-state index in [2.05, 4.69) is 24.1 Å². The summed E-state index contributed by atoms with van der Waals surface area (Å²) in [6.45, 7) is 1.81. The molecule has 0 aromatic heterocycles. The van der Waals surface area contributed by atoms with E-state index >= 15 is 0 Å². The van der Waals surface area contributed by atoms with E-state index in [0.717, 1.165) is 50.8 Å². The number of nitrogens with zero attached hydrogens (tertiary/aromatic N) is 1. The lowest BCUT2D eigenvalue weighted by Gasteiger charge is -2.40. The number of hydrogen-bond donors (Lipinski definition) is 0.